The van der Waals surface area contributed by atoms with E-state index in [9.17, 15) is 0 Å². The average Bonchev–Trinajstić information content (AvgIpc) is 3.20. The molecule has 0 aliphatic heterocycles. The highest BCUT2D eigenvalue weighted by molar-refractivity contribution is 5.33. The van der Waals surface area contributed by atoms with Crippen molar-refractivity contribution < 1.29 is 9.47 Å². The second kappa shape index (κ2) is 7.09. The van der Waals surface area contributed by atoms with Gasteiger partial charge >= 0.3 is 0 Å². The Morgan fingerprint density at radius 3 is 2.60 bits per heavy atom. The first-order valence-corrected chi connectivity index (χ1v) is 7.58. The quantitative estimate of drug-likeness (QED) is 0.739. The summed E-state index contributed by atoms with van der Waals surface area (Å²) in [6, 6.07) is 8.21. The third-order valence-electron chi connectivity index (χ3n) is 3.32. The van der Waals surface area contributed by atoms with Gasteiger partial charge < -0.3 is 14.8 Å². The van der Waals surface area contributed by atoms with E-state index in [2.05, 4.69) is 38.2 Å². The third kappa shape index (κ3) is 5.93. The van der Waals surface area contributed by atoms with Crippen molar-refractivity contribution in [1.29, 1.82) is 0 Å². The summed E-state index contributed by atoms with van der Waals surface area (Å²) in [5.41, 5.74) is 1.31. The average molecular weight is 277 g/mol. The van der Waals surface area contributed by atoms with Gasteiger partial charge in [-0.3, -0.25) is 0 Å². The smallest absolute Gasteiger partial charge is 0.123 e. The van der Waals surface area contributed by atoms with Crippen LogP contribution in [0.3, 0.4) is 0 Å². The van der Waals surface area contributed by atoms with Crippen molar-refractivity contribution in [3.05, 3.63) is 29.8 Å². The van der Waals surface area contributed by atoms with E-state index in [0.717, 1.165) is 24.8 Å². The lowest BCUT2D eigenvalue weighted by Crippen LogP contribution is -2.35. The number of ether oxygens (including phenoxy) is 2. The summed E-state index contributed by atoms with van der Waals surface area (Å²) in [5.74, 6) is 1.78. The van der Waals surface area contributed by atoms with Crippen LogP contribution in [0.25, 0.3) is 0 Å². The van der Waals surface area contributed by atoms with Crippen molar-refractivity contribution in [3.8, 4) is 5.75 Å². The molecule has 1 saturated carbocycles. The van der Waals surface area contributed by atoms with E-state index >= 15 is 0 Å². The van der Waals surface area contributed by atoms with Gasteiger partial charge in [-0.25, -0.2) is 0 Å². The molecule has 1 N–H and O–H groups in total. The van der Waals surface area contributed by atoms with Gasteiger partial charge in [-0.05, 0) is 45.6 Å². The standard InChI is InChI=1S/C17H27NO2/c1-17(2,3)18-12-15-6-4-5-7-16(15)20-11-10-19-13-14-8-9-14/h4-7,14,18H,8-13H2,1-3H3. The van der Waals surface area contributed by atoms with Crippen molar-refractivity contribution in [2.45, 2.75) is 45.7 Å². The van der Waals surface area contributed by atoms with Crippen molar-refractivity contribution in [2.75, 3.05) is 19.8 Å². The van der Waals surface area contributed by atoms with Gasteiger partial charge in [0, 0.05) is 24.3 Å². The summed E-state index contributed by atoms with van der Waals surface area (Å²) in [7, 11) is 0. The Balaban J connectivity index is 1.74. The lowest BCUT2D eigenvalue weighted by atomic mass is 10.1. The minimum absolute atomic E-state index is 0.112. The zero-order valence-electron chi connectivity index (χ0n) is 12.9. The number of rotatable bonds is 8. The first kappa shape index (κ1) is 15.3. The fourth-order valence-corrected chi connectivity index (χ4v) is 1.90. The van der Waals surface area contributed by atoms with Crippen LogP contribution in [0.15, 0.2) is 24.3 Å². The van der Waals surface area contributed by atoms with E-state index in [4.69, 9.17) is 9.47 Å². The van der Waals surface area contributed by atoms with Gasteiger partial charge in [-0.1, -0.05) is 18.2 Å². The van der Waals surface area contributed by atoms with Gasteiger partial charge in [0.05, 0.1) is 6.61 Å². The van der Waals surface area contributed by atoms with Crippen molar-refractivity contribution >= 4 is 0 Å². The maximum atomic E-state index is 5.84. The SMILES string of the molecule is CC(C)(C)NCc1ccccc1OCCOCC1CC1. The van der Waals surface area contributed by atoms with Crippen LogP contribution in [-0.4, -0.2) is 25.4 Å². The molecule has 0 atom stereocenters. The highest BCUT2D eigenvalue weighted by Gasteiger charge is 2.20. The molecule has 0 aromatic heterocycles. The maximum absolute atomic E-state index is 5.84. The molecular weight excluding hydrogens is 250 g/mol. The second-order valence-electron chi connectivity index (χ2n) is 6.58. The summed E-state index contributed by atoms with van der Waals surface area (Å²) in [4.78, 5) is 0. The summed E-state index contributed by atoms with van der Waals surface area (Å²) in [5, 5.41) is 3.49. The van der Waals surface area contributed by atoms with E-state index < -0.39 is 0 Å². The Morgan fingerprint density at radius 1 is 1.15 bits per heavy atom. The predicted octanol–water partition coefficient (Wildman–Crippen LogP) is 3.38. The third-order valence-corrected chi connectivity index (χ3v) is 3.32. The topological polar surface area (TPSA) is 30.5 Å². The Morgan fingerprint density at radius 2 is 1.90 bits per heavy atom. The maximum Gasteiger partial charge on any atom is 0.123 e. The molecule has 1 aliphatic rings. The highest BCUT2D eigenvalue weighted by Crippen LogP contribution is 2.28. The number of hydrogen-bond donors (Lipinski definition) is 1. The molecule has 3 nitrogen and oxygen atoms in total. The van der Waals surface area contributed by atoms with Crippen LogP contribution in [-0.2, 0) is 11.3 Å². The van der Waals surface area contributed by atoms with Crippen LogP contribution in [0.4, 0.5) is 0 Å². The van der Waals surface area contributed by atoms with E-state index in [1.54, 1.807) is 0 Å². The Hall–Kier alpha value is -1.06. The van der Waals surface area contributed by atoms with Crippen LogP contribution in [0.2, 0.25) is 0 Å². The van der Waals surface area contributed by atoms with Crippen LogP contribution >= 0.6 is 0 Å². The molecule has 0 radical (unpaired) electrons. The number of nitrogens with one attached hydrogen (secondary N) is 1. The van der Waals surface area contributed by atoms with Gasteiger partial charge in [0.2, 0.25) is 0 Å². The largest absolute Gasteiger partial charge is 0.491 e. The molecule has 0 heterocycles. The van der Waals surface area contributed by atoms with Crippen molar-refractivity contribution in [3.63, 3.8) is 0 Å². The van der Waals surface area contributed by atoms with Crippen LogP contribution in [0.1, 0.15) is 39.2 Å². The van der Waals surface area contributed by atoms with Crippen molar-refractivity contribution in [2.24, 2.45) is 5.92 Å². The van der Waals surface area contributed by atoms with Gasteiger partial charge in [0.15, 0.2) is 0 Å². The molecule has 2 rings (SSSR count). The van der Waals surface area contributed by atoms with Crippen molar-refractivity contribution in [1.82, 2.24) is 5.32 Å². The van der Waals surface area contributed by atoms with E-state index in [0.29, 0.717) is 13.2 Å². The molecule has 1 aromatic carbocycles. The second-order valence-corrected chi connectivity index (χ2v) is 6.58. The minimum atomic E-state index is 0.112. The molecule has 0 bridgehead atoms. The zero-order chi connectivity index (χ0) is 14.4. The lowest BCUT2D eigenvalue weighted by Gasteiger charge is -2.21. The zero-order valence-corrected chi connectivity index (χ0v) is 12.9. The highest BCUT2D eigenvalue weighted by atomic mass is 16.5. The molecule has 20 heavy (non-hydrogen) atoms. The van der Waals surface area contributed by atoms with Crippen LogP contribution in [0, 0.1) is 5.92 Å². The molecule has 0 unspecified atom stereocenters. The van der Waals surface area contributed by atoms with E-state index in [1.807, 2.05) is 12.1 Å². The predicted molar refractivity (Wildman–Crippen MR) is 82.1 cm³/mol. The molecule has 0 amide bonds. The Labute approximate surface area is 122 Å². The first-order chi connectivity index (χ1) is 9.54. The van der Waals surface area contributed by atoms with E-state index in [-0.39, 0.29) is 5.54 Å². The molecular formula is C17H27NO2. The normalized spacial score (nSPS) is 15.3. The fourth-order valence-electron chi connectivity index (χ4n) is 1.90. The summed E-state index contributed by atoms with van der Waals surface area (Å²) >= 11 is 0. The van der Waals surface area contributed by atoms with Gasteiger partial charge in [-0.2, -0.15) is 0 Å². The van der Waals surface area contributed by atoms with Crippen LogP contribution < -0.4 is 10.1 Å². The summed E-state index contributed by atoms with van der Waals surface area (Å²) < 4.78 is 11.4. The minimum Gasteiger partial charge on any atom is -0.491 e. The summed E-state index contributed by atoms with van der Waals surface area (Å²) in [6.07, 6.45) is 2.67. The Bertz CT molecular complexity index is 408. The number of hydrogen-bond acceptors (Lipinski definition) is 3. The number of benzene rings is 1. The van der Waals surface area contributed by atoms with E-state index in [1.165, 1.54) is 18.4 Å². The molecule has 3 heteroatoms. The van der Waals surface area contributed by atoms with Gasteiger partial charge in [-0.15, -0.1) is 0 Å². The lowest BCUT2D eigenvalue weighted by molar-refractivity contribution is 0.0923. The Kier molecular flexibility index (Phi) is 5.44. The number of para-hydroxylation sites is 1. The van der Waals surface area contributed by atoms with Gasteiger partial charge in [0.25, 0.3) is 0 Å². The molecule has 1 fully saturated rings. The molecule has 0 saturated heterocycles. The molecule has 0 spiro atoms. The summed E-state index contributed by atoms with van der Waals surface area (Å²) in [6.45, 7) is 9.53. The molecule has 1 aromatic rings. The first-order valence-electron chi connectivity index (χ1n) is 7.58. The molecule has 1 aliphatic carbocycles. The van der Waals surface area contributed by atoms with Crippen LogP contribution in [0.5, 0.6) is 5.75 Å². The fraction of sp³-hybridized carbons (Fsp3) is 0.647. The monoisotopic (exact) mass is 277 g/mol. The molecule has 112 valence electrons. The van der Waals surface area contributed by atoms with Gasteiger partial charge in [0.1, 0.15) is 12.4 Å².